The van der Waals surface area contributed by atoms with Crippen LogP contribution in [0, 0.1) is 11.3 Å². The maximum atomic E-state index is 12.4. The molecular formula is C19H29NO. The van der Waals surface area contributed by atoms with Crippen LogP contribution in [0.2, 0.25) is 0 Å². The zero-order chi connectivity index (χ0) is 15.5. The highest BCUT2D eigenvalue weighted by Gasteiger charge is 2.29. The Bertz CT molecular complexity index is 456. The van der Waals surface area contributed by atoms with E-state index in [-0.39, 0.29) is 11.7 Å². The Morgan fingerprint density at radius 3 is 2.38 bits per heavy atom. The summed E-state index contributed by atoms with van der Waals surface area (Å²) in [5.41, 5.74) is 1.34. The predicted molar refractivity (Wildman–Crippen MR) is 88.6 cm³/mol. The lowest BCUT2D eigenvalue weighted by molar-refractivity contribution is 0.0831. The zero-order valence-electron chi connectivity index (χ0n) is 13.9. The van der Waals surface area contributed by atoms with E-state index in [4.69, 9.17) is 0 Å². The summed E-state index contributed by atoms with van der Waals surface area (Å²) in [6, 6.07) is 10.3. The van der Waals surface area contributed by atoms with Gasteiger partial charge in [-0.15, -0.1) is 0 Å². The number of hydrogen-bond acceptors (Lipinski definition) is 2. The molecule has 1 saturated carbocycles. The molecule has 0 aliphatic heterocycles. The van der Waals surface area contributed by atoms with Crippen molar-refractivity contribution in [2.45, 2.75) is 52.5 Å². The van der Waals surface area contributed by atoms with Crippen molar-refractivity contribution >= 4 is 5.78 Å². The van der Waals surface area contributed by atoms with Crippen LogP contribution in [-0.2, 0) is 0 Å². The molecule has 1 aromatic rings. The van der Waals surface area contributed by atoms with Crippen LogP contribution in [0.1, 0.15) is 56.8 Å². The Morgan fingerprint density at radius 1 is 1.24 bits per heavy atom. The Hall–Kier alpha value is -1.15. The monoisotopic (exact) mass is 287 g/mol. The first-order valence-electron chi connectivity index (χ1n) is 8.18. The van der Waals surface area contributed by atoms with Crippen LogP contribution in [0.3, 0.4) is 0 Å². The molecule has 1 atom stereocenters. The van der Waals surface area contributed by atoms with Crippen LogP contribution in [0.4, 0.5) is 0 Å². The maximum Gasteiger partial charge on any atom is 0.166 e. The smallest absolute Gasteiger partial charge is 0.166 e. The van der Waals surface area contributed by atoms with Crippen molar-refractivity contribution in [2.75, 3.05) is 13.6 Å². The Morgan fingerprint density at radius 2 is 1.81 bits per heavy atom. The van der Waals surface area contributed by atoms with Crippen molar-refractivity contribution in [1.29, 1.82) is 0 Å². The number of ketones is 1. The number of carbonyl (C=O) groups is 1. The van der Waals surface area contributed by atoms with E-state index < -0.39 is 0 Å². The molecule has 0 heterocycles. The molecule has 1 aliphatic rings. The SMILES string of the molecule is CC(CN(C)C1CCC(C)(C)CC1)C(=O)c1ccccc1. The van der Waals surface area contributed by atoms with Gasteiger partial charge in [-0.05, 0) is 38.1 Å². The molecule has 21 heavy (non-hydrogen) atoms. The quantitative estimate of drug-likeness (QED) is 0.748. The number of hydrogen-bond donors (Lipinski definition) is 0. The van der Waals surface area contributed by atoms with E-state index in [9.17, 15) is 4.79 Å². The normalized spacial score (nSPS) is 20.4. The fourth-order valence-corrected chi connectivity index (χ4v) is 3.38. The minimum atomic E-state index is 0.0623. The Labute approximate surface area is 129 Å². The van der Waals surface area contributed by atoms with Crippen molar-refractivity contribution in [3.63, 3.8) is 0 Å². The minimum absolute atomic E-state index is 0.0623. The highest BCUT2D eigenvalue weighted by atomic mass is 16.1. The number of carbonyl (C=O) groups excluding carboxylic acids is 1. The standard InChI is InChI=1S/C19H29NO/c1-15(18(21)16-8-6-5-7-9-16)14-20(4)17-10-12-19(2,3)13-11-17/h5-9,15,17H,10-14H2,1-4H3. The summed E-state index contributed by atoms with van der Waals surface area (Å²) in [5.74, 6) is 0.325. The van der Waals surface area contributed by atoms with Crippen LogP contribution >= 0.6 is 0 Å². The van der Waals surface area contributed by atoms with E-state index in [1.165, 1.54) is 25.7 Å². The van der Waals surface area contributed by atoms with Crippen molar-refractivity contribution in [3.8, 4) is 0 Å². The fraction of sp³-hybridized carbons (Fsp3) is 0.632. The third-order valence-corrected chi connectivity index (χ3v) is 5.00. The molecule has 0 saturated heterocycles. The molecule has 2 nitrogen and oxygen atoms in total. The summed E-state index contributed by atoms with van der Waals surface area (Å²) >= 11 is 0. The molecule has 0 bridgehead atoms. The maximum absolute atomic E-state index is 12.4. The highest BCUT2D eigenvalue weighted by Crippen LogP contribution is 2.36. The summed E-state index contributed by atoms with van der Waals surface area (Å²) in [6.45, 7) is 7.65. The summed E-state index contributed by atoms with van der Waals surface area (Å²) in [5, 5.41) is 0. The molecular weight excluding hydrogens is 258 g/mol. The lowest BCUT2D eigenvalue weighted by Gasteiger charge is -2.39. The number of nitrogens with zero attached hydrogens (tertiary/aromatic N) is 1. The van der Waals surface area contributed by atoms with Gasteiger partial charge in [0.15, 0.2) is 5.78 Å². The number of rotatable bonds is 5. The average Bonchev–Trinajstić information content (AvgIpc) is 2.47. The van der Waals surface area contributed by atoms with Crippen LogP contribution in [-0.4, -0.2) is 30.3 Å². The van der Waals surface area contributed by atoms with Gasteiger partial charge in [0, 0.05) is 24.1 Å². The van der Waals surface area contributed by atoms with E-state index in [1.54, 1.807) is 0 Å². The third kappa shape index (κ3) is 4.41. The third-order valence-electron chi connectivity index (χ3n) is 5.00. The van der Waals surface area contributed by atoms with Gasteiger partial charge < -0.3 is 4.90 Å². The van der Waals surface area contributed by atoms with Crippen LogP contribution in [0.5, 0.6) is 0 Å². The first-order chi connectivity index (χ1) is 9.89. The molecule has 1 unspecified atom stereocenters. The molecule has 1 aromatic carbocycles. The van der Waals surface area contributed by atoms with Crippen LogP contribution < -0.4 is 0 Å². The van der Waals surface area contributed by atoms with Gasteiger partial charge in [0.2, 0.25) is 0 Å². The van der Waals surface area contributed by atoms with Crippen molar-refractivity contribution < 1.29 is 4.79 Å². The second kappa shape index (κ2) is 6.74. The van der Waals surface area contributed by atoms with Crippen molar-refractivity contribution in [2.24, 2.45) is 11.3 Å². The van der Waals surface area contributed by atoms with Gasteiger partial charge >= 0.3 is 0 Å². The van der Waals surface area contributed by atoms with E-state index in [0.717, 1.165) is 12.1 Å². The summed E-state index contributed by atoms with van der Waals surface area (Å²) < 4.78 is 0. The average molecular weight is 287 g/mol. The molecule has 116 valence electrons. The van der Waals surface area contributed by atoms with E-state index in [1.807, 2.05) is 30.3 Å². The van der Waals surface area contributed by atoms with Gasteiger partial charge in [0.1, 0.15) is 0 Å². The molecule has 2 heteroatoms. The van der Waals surface area contributed by atoms with E-state index >= 15 is 0 Å². The summed E-state index contributed by atoms with van der Waals surface area (Å²) in [6.07, 6.45) is 5.11. The fourth-order valence-electron chi connectivity index (χ4n) is 3.38. The number of benzene rings is 1. The lowest BCUT2D eigenvalue weighted by atomic mass is 9.75. The number of Topliss-reactive ketones (excluding diaryl/α,β-unsaturated/α-hetero) is 1. The van der Waals surface area contributed by atoms with Gasteiger partial charge in [-0.2, -0.15) is 0 Å². The Kier molecular flexibility index (Phi) is 5.21. The lowest BCUT2D eigenvalue weighted by Crippen LogP contribution is -2.40. The predicted octanol–water partition coefficient (Wildman–Crippen LogP) is 4.41. The van der Waals surface area contributed by atoms with Gasteiger partial charge in [0.25, 0.3) is 0 Å². The van der Waals surface area contributed by atoms with Gasteiger partial charge in [-0.1, -0.05) is 51.1 Å². The molecule has 2 rings (SSSR count). The van der Waals surface area contributed by atoms with Gasteiger partial charge in [-0.25, -0.2) is 0 Å². The first kappa shape index (κ1) is 16.2. The van der Waals surface area contributed by atoms with Crippen molar-refractivity contribution in [1.82, 2.24) is 4.90 Å². The summed E-state index contributed by atoms with van der Waals surface area (Å²) in [7, 11) is 2.18. The largest absolute Gasteiger partial charge is 0.303 e. The zero-order valence-corrected chi connectivity index (χ0v) is 13.9. The Balaban J connectivity index is 1.88. The van der Waals surface area contributed by atoms with Crippen LogP contribution in [0.15, 0.2) is 30.3 Å². The van der Waals surface area contributed by atoms with Crippen molar-refractivity contribution in [3.05, 3.63) is 35.9 Å². The molecule has 0 N–H and O–H groups in total. The van der Waals surface area contributed by atoms with Gasteiger partial charge in [-0.3, -0.25) is 4.79 Å². The van der Waals surface area contributed by atoms with E-state index in [2.05, 4.69) is 32.7 Å². The molecule has 1 fully saturated rings. The van der Waals surface area contributed by atoms with Gasteiger partial charge in [0.05, 0.1) is 0 Å². The molecule has 1 aliphatic carbocycles. The molecule has 0 radical (unpaired) electrons. The summed E-state index contributed by atoms with van der Waals surface area (Å²) in [4.78, 5) is 14.8. The first-order valence-corrected chi connectivity index (χ1v) is 8.18. The second-order valence-electron chi connectivity index (χ2n) is 7.47. The van der Waals surface area contributed by atoms with E-state index in [0.29, 0.717) is 11.5 Å². The molecule has 0 amide bonds. The minimum Gasteiger partial charge on any atom is -0.303 e. The second-order valence-corrected chi connectivity index (χ2v) is 7.47. The molecule has 0 spiro atoms. The molecule has 0 aromatic heterocycles. The highest BCUT2D eigenvalue weighted by molar-refractivity contribution is 5.97. The topological polar surface area (TPSA) is 20.3 Å². The van der Waals surface area contributed by atoms with Crippen LogP contribution in [0.25, 0.3) is 0 Å².